The van der Waals surface area contributed by atoms with E-state index < -0.39 is 0 Å². The number of anilines is 2. The van der Waals surface area contributed by atoms with Gasteiger partial charge in [0.15, 0.2) is 0 Å². The molecule has 3 aromatic rings. The Kier molecular flexibility index (Phi) is 5.59. The summed E-state index contributed by atoms with van der Waals surface area (Å²) < 4.78 is 4.49. The number of hydrogen-bond acceptors (Lipinski definition) is 5. The van der Waals surface area contributed by atoms with Gasteiger partial charge >= 0.3 is 0 Å². The molecule has 7 heteroatoms. The summed E-state index contributed by atoms with van der Waals surface area (Å²) in [6.07, 6.45) is 2.45. The largest absolute Gasteiger partial charge is 0.335 e. The topological polar surface area (TPSA) is 58.1 Å². The zero-order chi connectivity index (χ0) is 19.5. The zero-order valence-corrected chi connectivity index (χ0v) is 17.1. The van der Waals surface area contributed by atoms with E-state index in [-0.39, 0.29) is 11.9 Å². The van der Waals surface area contributed by atoms with Gasteiger partial charge in [0.2, 0.25) is 11.0 Å². The lowest BCUT2D eigenvalue weighted by atomic mass is 10.1. The van der Waals surface area contributed by atoms with Gasteiger partial charge in [-0.1, -0.05) is 41.4 Å². The molecule has 1 N–H and O–H groups in total. The predicted octanol–water partition coefficient (Wildman–Crippen LogP) is 4.70. The lowest BCUT2D eigenvalue weighted by molar-refractivity contribution is -0.117. The molecule has 1 aromatic heterocycles. The summed E-state index contributed by atoms with van der Waals surface area (Å²) in [7, 11) is 0. The van der Waals surface area contributed by atoms with Gasteiger partial charge in [-0.25, -0.2) is 4.98 Å². The van der Waals surface area contributed by atoms with E-state index in [1.807, 2.05) is 55.5 Å². The fraction of sp³-hybridized carbons (Fsp3) is 0.286. The Hall–Kier alpha value is -2.44. The average Bonchev–Trinajstić information content (AvgIpc) is 3.34. The smallest absolute Gasteiger partial charge is 0.247 e. The first-order valence-electron chi connectivity index (χ1n) is 9.30. The van der Waals surface area contributed by atoms with Crippen LogP contribution in [-0.2, 0) is 11.2 Å². The quantitative estimate of drug-likeness (QED) is 0.660. The maximum atomic E-state index is 12.8. The summed E-state index contributed by atoms with van der Waals surface area (Å²) in [4.78, 5) is 19.6. The lowest BCUT2D eigenvalue weighted by Crippen LogP contribution is -2.39. The minimum atomic E-state index is -0.211. The molecule has 0 radical (unpaired) electrons. The molecule has 4 rings (SSSR count). The van der Waals surface area contributed by atoms with Crippen LogP contribution in [0.25, 0.3) is 0 Å². The summed E-state index contributed by atoms with van der Waals surface area (Å²) in [6, 6.07) is 15.4. The number of aromatic nitrogens is 2. The van der Waals surface area contributed by atoms with Gasteiger partial charge in [0.25, 0.3) is 0 Å². The first-order valence-corrected chi connectivity index (χ1v) is 10.4. The minimum Gasteiger partial charge on any atom is -0.335 e. The number of rotatable bonds is 5. The molecule has 1 atom stereocenters. The van der Waals surface area contributed by atoms with Crippen molar-refractivity contribution in [2.24, 2.45) is 0 Å². The van der Waals surface area contributed by atoms with E-state index in [0.717, 1.165) is 46.6 Å². The predicted molar refractivity (Wildman–Crippen MR) is 114 cm³/mol. The van der Waals surface area contributed by atoms with Gasteiger partial charge in [0.1, 0.15) is 11.9 Å². The maximum absolute atomic E-state index is 12.8. The normalized spacial score (nSPS) is 16.4. The van der Waals surface area contributed by atoms with Crippen molar-refractivity contribution in [2.45, 2.75) is 32.2 Å². The van der Waals surface area contributed by atoms with Crippen LogP contribution in [0.5, 0.6) is 0 Å². The van der Waals surface area contributed by atoms with Gasteiger partial charge in [-0.3, -0.25) is 4.79 Å². The third-order valence-corrected chi connectivity index (χ3v) is 5.90. The second-order valence-corrected chi connectivity index (χ2v) is 8.17. The fourth-order valence-corrected chi connectivity index (χ4v) is 4.24. The average molecular weight is 413 g/mol. The number of amides is 1. The molecule has 1 saturated heterocycles. The van der Waals surface area contributed by atoms with Gasteiger partial charge < -0.3 is 10.2 Å². The van der Waals surface area contributed by atoms with Crippen molar-refractivity contribution < 1.29 is 4.79 Å². The molecule has 0 aliphatic carbocycles. The van der Waals surface area contributed by atoms with Crippen LogP contribution in [-0.4, -0.2) is 27.9 Å². The number of halogens is 1. The first-order chi connectivity index (χ1) is 13.6. The van der Waals surface area contributed by atoms with Gasteiger partial charge in [0.05, 0.1) is 0 Å². The van der Waals surface area contributed by atoms with E-state index in [0.29, 0.717) is 6.42 Å². The monoisotopic (exact) mass is 412 g/mol. The number of carbonyl (C=O) groups excluding carboxylic acids is 1. The molecule has 0 bridgehead atoms. The Balaban J connectivity index is 1.44. The molecule has 0 spiro atoms. The highest BCUT2D eigenvalue weighted by atomic mass is 35.5. The van der Waals surface area contributed by atoms with Gasteiger partial charge in [0, 0.05) is 35.2 Å². The fourth-order valence-electron chi connectivity index (χ4n) is 3.35. The summed E-state index contributed by atoms with van der Waals surface area (Å²) >= 11 is 7.30. The Labute approximate surface area is 173 Å². The van der Waals surface area contributed by atoms with Crippen molar-refractivity contribution in [3.8, 4) is 0 Å². The molecule has 1 aliphatic rings. The second-order valence-electron chi connectivity index (χ2n) is 7.00. The van der Waals surface area contributed by atoms with Crippen LogP contribution in [0, 0.1) is 6.92 Å². The third-order valence-electron chi connectivity index (χ3n) is 4.85. The molecule has 2 aromatic carbocycles. The van der Waals surface area contributed by atoms with E-state index in [1.54, 1.807) is 0 Å². The van der Waals surface area contributed by atoms with Crippen LogP contribution in [0.4, 0.5) is 10.8 Å². The Morgan fingerprint density at radius 3 is 2.71 bits per heavy atom. The number of benzene rings is 2. The first kappa shape index (κ1) is 18.9. The molecule has 28 heavy (non-hydrogen) atoms. The molecule has 1 fully saturated rings. The van der Waals surface area contributed by atoms with Gasteiger partial charge in [-0.15, -0.1) is 0 Å². The molecule has 2 heterocycles. The van der Waals surface area contributed by atoms with Crippen LogP contribution in [0.3, 0.4) is 0 Å². The van der Waals surface area contributed by atoms with Gasteiger partial charge in [-0.05, 0) is 49.6 Å². The summed E-state index contributed by atoms with van der Waals surface area (Å²) in [6.45, 7) is 2.85. The van der Waals surface area contributed by atoms with Crippen LogP contribution in [0.15, 0.2) is 48.5 Å². The van der Waals surface area contributed by atoms with E-state index in [4.69, 9.17) is 11.6 Å². The highest BCUT2D eigenvalue weighted by molar-refractivity contribution is 7.09. The Morgan fingerprint density at radius 1 is 1.21 bits per heavy atom. The summed E-state index contributed by atoms with van der Waals surface area (Å²) in [5.41, 5.74) is 3.11. The van der Waals surface area contributed by atoms with Crippen LogP contribution >= 0.6 is 23.1 Å². The van der Waals surface area contributed by atoms with Gasteiger partial charge in [-0.2, -0.15) is 4.37 Å². The minimum absolute atomic E-state index is 0.0100. The van der Waals surface area contributed by atoms with Crippen molar-refractivity contribution in [1.29, 1.82) is 0 Å². The third kappa shape index (κ3) is 4.34. The number of hydrogen-bond donors (Lipinski definition) is 1. The molecule has 0 saturated carbocycles. The van der Waals surface area contributed by atoms with Crippen LogP contribution < -0.4 is 10.2 Å². The Bertz CT molecular complexity index is 955. The van der Waals surface area contributed by atoms with E-state index >= 15 is 0 Å². The lowest BCUT2D eigenvalue weighted by Gasteiger charge is -2.22. The Morgan fingerprint density at radius 2 is 1.96 bits per heavy atom. The molecule has 1 aliphatic heterocycles. The van der Waals surface area contributed by atoms with Crippen LogP contribution in [0.1, 0.15) is 29.8 Å². The molecule has 144 valence electrons. The summed E-state index contributed by atoms with van der Waals surface area (Å²) in [5, 5.41) is 4.55. The van der Waals surface area contributed by atoms with E-state index in [2.05, 4.69) is 19.6 Å². The van der Waals surface area contributed by atoms with Crippen molar-refractivity contribution >= 4 is 39.9 Å². The van der Waals surface area contributed by atoms with Crippen molar-refractivity contribution in [1.82, 2.24) is 9.36 Å². The van der Waals surface area contributed by atoms with E-state index in [1.165, 1.54) is 17.1 Å². The van der Waals surface area contributed by atoms with Crippen molar-refractivity contribution in [3.05, 3.63) is 70.5 Å². The molecular formula is C21H21ClN4OS. The number of aryl methyl sites for hydroxylation is 1. The van der Waals surface area contributed by atoms with Crippen molar-refractivity contribution in [2.75, 3.05) is 16.8 Å². The molecule has 5 nitrogen and oxygen atoms in total. The highest BCUT2D eigenvalue weighted by Crippen LogP contribution is 2.28. The second kappa shape index (κ2) is 8.29. The van der Waals surface area contributed by atoms with Crippen LogP contribution in [0.2, 0.25) is 5.02 Å². The molecule has 0 unspecified atom stereocenters. The number of nitrogens with one attached hydrogen (secondary N) is 1. The zero-order valence-electron chi connectivity index (χ0n) is 15.6. The van der Waals surface area contributed by atoms with E-state index in [9.17, 15) is 4.79 Å². The SMILES string of the molecule is Cc1ccc(NC(=O)[C@@H]2CCCN2c2nc(Cc3ccc(Cl)cc3)ns2)cc1. The highest BCUT2D eigenvalue weighted by Gasteiger charge is 2.33. The summed E-state index contributed by atoms with van der Waals surface area (Å²) in [5.74, 6) is 0.780. The number of carbonyl (C=O) groups is 1. The molecular weight excluding hydrogens is 392 g/mol. The standard InChI is InChI=1S/C21H21ClN4OS/c1-14-4-10-17(11-5-14)23-20(27)18-3-2-12-26(18)21-24-19(25-28-21)13-15-6-8-16(22)9-7-15/h4-11,18H,2-3,12-13H2,1H3,(H,23,27)/t18-/m0/s1. The van der Waals surface area contributed by atoms with Crippen molar-refractivity contribution in [3.63, 3.8) is 0 Å². The number of nitrogens with zero attached hydrogens (tertiary/aromatic N) is 3. The molecule has 1 amide bonds. The maximum Gasteiger partial charge on any atom is 0.247 e.